The number of rotatable bonds is 2. The summed E-state index contributed by atoms with van der Waals surface area (Å²) in [4.78, 5) is 4.24. The maximum Gasteiger partial charge on any atom is 0.139 e. The van der Waals surface area contributed by atoms with E-state index in [4.69, 9.17) is 0 Å². The number of benzene rings is 1. The number of aromatic amines is 1. The first-order chi connectivity index (χ1) is 9.24. The third kappa shape index (κ3) is 2.22. The first-order valence-electron chi connectivity index (χ1n) is 5.84. The van der Waals surface area contributed by atoms with Crippen LogP contribution >= 0.6 is 0 Å². The lowest BCUT2D eigenvalue weighted by molar-refractivity contribution is 0.627. The van der Waals surface area contributed by atoms with Crippen molar-refractivity contribution in [3.05, 3.63) is 54.0 Å². The largest absolute Gasteiger partial charge is 0.254 e. The zero-order valence-electron chi connectivity index (χ0n) is 10.3. The van der Waals surface area contributed by atoms with Crippen molar-refractivity contribution in [1.29, 1.82) is 0 Å². The highest BCUT2D eigenvalue weighted by atomic mass is 19.1. The average molecular weight is 254 g/mol. The number of H-pyrrole nitrogens is 1. The van der Waals surface area contributed by atoms with E-state index in [9.17, 15) is 4.39 Å². The minimum absolute atomic E-state index is 0.287. The van der Waals surface area contributed by atoms with E-state index in [1.807, 2.05) is 31.2 Å². The van der Waals surface area contributed by atoms with Crippen molar-refractivity contribution >= 4 is 0 Å². The molecule has 19 heavy (non-hydrogen) atoms. The van der Waals surface area contributed by atoms with Gasteiger partial charge in [-0.3, -0.25) is 4.98 Å². The van der Waals surface area contributed by atoms with E-state index in [2.05, 4.69) is 20.4 Å². The first-order valence-corrected chi connectivity index (χ1v) is 5.84. The van der Waals surface area contributed by atoms with Crippen molar-refractivity contribution in [2.24, 2.45) is 0 Å². The highest BCUT2D eigenvalue weighted by Crippen LogP contribution is 2.27. The Kier molecular flexibility index (Phi) is 2.79. The van der Waals surface area contributed by atoms with Crippen molar-refractivity contribution in [2.45, 2.75) is 6.92 Å². The van der Waals surface area contributed by atoms with Crippen LogP contribution in [0.5, 0.6) is 0 Å². The summed E-state index contributed by atoms with van der Waals surface area (Å²) < 4.78 is 13.5. The van der Waals surface area contributed by atoms with Gasteiger partial charge in [-0.15, -0.1) is 0 Å². The quantitative estimate of drug-likeness (QED) is 0.764. The van der Waals surface area contributed by atoms with E-state index in [0.717, 1.165) is 5.56 Å². The Morgan fingerprint density at radius 1 is 1.05 bits per heavy atom. The molecule has 0 unspecified atom stereocenters. The lowest BCUT2D eigenvalue weighted by Crippen LogP contribution is -1.88. The standard InChI is InChI=1S/C14H11FN4/c1-9-6-10(8-11(15)7-9)13-14(18-19-17-13)12-4-2-3-5-16-12/h2-8H,1H3,(H,17,18,19). The van der Waals surface area contributed by atoms with Crippen molar-refractivity contribution < 1.29 is 4.39 Å². The summed E-state index contributed by atoms with van der Waals surface area (Å²) in [6, 6.07) is 10.3. The maximum atomic E-state index is 13.5. The Morgan fingerprint density at radius 2 is 1.89 bits per heavy atom. The van der Waals surface area contributed by atoms with Crippen LogP contribution in [-0.4, -0.2) is 20.4 Å². The van der Waals surface area contributed by atoms with E-state index in [0.29, 0.717) is 22.6 Å². The van der Waals surface area contributed by atoms with Crippen LogP contribution in [0.3, 0.4) is 0 Å². The molecule has 3 aromatic rings. The summed E-state index contributed by atoms with van der Waals surface area (Å²) in [6.45, 7) is 1.84. The SMILES string of the molecule is Cc1cc(F)cc(-c2n[nH]nc2-c2ccccn2)c1. The fraction of sp³-hybridized carbons (Fsp3) is 0.0714. The molecule has 0 aliphatic carbocycles. The van der Waals surface area contributed by atoms with E-state index >= 15 is 0 Å². The zero-order valence-corrected chi connectivity index (χ0v) is 10.3. The Hall–Kier alpha value is -2.56. The molecule has 0 aliphatic rings. The molecule has 0 saturated heterocycles. The summed E-state index contributed by atoms with van der Waals surface area (Å²) in [5.74, 6) is -0.287. The molecule has 4 nitrogen and oxygen atoms in total. The van der Waals surface area contributed by atoms with Crippen LogP contribution < -0.4 is 0 Å². The monoisotopic (exact) mass is 254 g/mol. The van der Waals surface area contributed by atoms with Crippen molar-refractivity contribution in [2.75, 3.05) is 0 Å². The Labute approximate surface area is 109 Å². The molecule has 0 bridgehead atoms. The fourth-order valence-corrected chi connectivity index (χ4v) is 1.99. The lowest BCUT2D eigenvalue weighted by atomic mass is 10.1. The molecule has 0 amide bonds. The molecule has 2 heterocycles. The fourth-order valence-electron chi connectivity index (χ4n) is 1.99. The van der Waals surface area contributed by atoms with Crippen molar-refractivity contribution in [1.82, 2.24) is 20.4 Å². The van der Waals surface area contributed by atoms with Gasteiger partial charge in [-0.05, 0) is 42.8 Å². The minimum atomic E-state index is -0.287. The Balaban J connectivity index is 2.15. The average Bonchev–Trinajstić information content (AvgIpc) is 2.88. The summed E-state index contributed by atoms with van der Waals surface area (Å²) in [5.41, 5.74) is 3.44. The topological polar surface area (TPSA) is 54.5 Å². The molecular weight excluding hydrogens is 243 g/mol. The molecule has 0 atom stereocenters. The highest BCUT2D eigenvalue weighted by molar-refractivity contribution is 5.75. The molecule has 94 valence electrons. The van der Waals surface area contributed by atoms with Gasteiger partial charge in [0.15, 0.2) is 0 Å². The summed E-state index contributed by atoms with van der Waals surface area (Å²) in [7, 11) is 0. The van der Waals surface area contributed by atoms with Crippen LogP contribution in [0, 0.1) is 12.7 Å². The third-order valence-corrected chi connectivity index (χ3v) is 2.77. The molecule has 5 heteroatoms. The number of nitrogens with zero attached hydrogens (tertiary/aromatic N) is 3. The second kappa shape index (κ2) is 4.61. The maximum absolute atomic E-state index is 13.5. The van der Waals surface area contributed by atoms with Gasteiger partial charge in [-0.25, -0.2) is 4.39 Å². The van der Waals surface area contributed by atoms with E-state index in [1.54, 1.807) is 6.20 Å². The molecule has 1 N–H and O–H groups in total. The van der Waals surface area contributed by atoms with Gasteiger partial charge >= 0.3 is 0 Å². The van der Waals surface area contributed by atoms with Crippen molar-refractivity contribution in [3.63, 3.8) is 0 Å². The molecule has 0 saturated carbocycles. The molecule has 0 spiro atoms. The number of aromatic nitrogens is 4. The van der Waals surface area contributed by atoms with Gasteiger partial charge in [-0.2, -0.15) is 15.4 Å². The van der Waals surface area contributed by atoms with Gasteiger partial charge in [0.25, 0.3) is 0 Å². The van der Waals surface area contributed by atoms with Gasteiger partial charge in [0.1, 0.15) is 17.2 Å². The molecule has 3 rings (SSSR count). The van der Waals surface area contributed by atoms with Gasteiger partial charge in [0.2, 0.25) is 0 Å². The predicted octanol–water partition coefficient (Wildman–Crippen LogP) is 2.98. The number of nitrogens with one attached hydrogen (secondary N) is 1. The second-order valence-electron chi connectivity index (χ2n) is 4.25. The molecular formula is C14H11FN4. The summed E-state index contributed by atoms with van der Waals surface area (Å²) in [6.07, 6.45) is 1.69. The normalized spacial score (nSPS) is 10.6. The summed E-state index contributed by atoms with van der Waals surface area (Å²) >= 11 is 0. The molecule has 1 aromatic carbocycles. The second-order valence-corrected chi connectivity index (χ2v) is 4.25. The number of aryl methyl sites for hydroxylation is 1. The smallest absolute Gasteiger partial charge is 0.139 e. The highest BCUT2D eigenvalue weighted by Gasteiger charge is 2.14. The number of hydrogen-bond donors (Lipinski definition) is 1. The third-order valence-electron chi connectivity index (χ3n) is 2.77. The number of halogens is 1. The van der Waals surface area contributed by atoms with Gasteiger partial charge < -0.3 is 0 Å². The molecule has 0 fully saturated rings. The van der Waals surface area contributed by atoms with Crippen LogP contribution in [-0.2, 0) is 0 Å². The number of pyridine rings is 1. The molecule has 2 aromatic heterocycles. The lowest BCUT2D eigenvalue weighted by Gasteiger charge is -2.02. The first kappa shape index (κ1) is 11.5. The van der Waals surface area contributed by atoms with Crippen LogP contribution in [0.25, 0.3) is 22.6 Å². The number of hydrogen-bond acceptors (Lipinski definition) is 3. The zero-order chi connectivity index (χ0) is 13.2. The molecule has 0 aliphatic heterocycles. The van der Waals surface area contributed by atoms with E-state index in [-0.39, 0.29) is 5.82 Å². The van der Waals surface area contributed by atoms with Crippen molar-refractivity contribution in [3.8, 4) is 22.6 Å². The Morgan fingerprint density at radius 3 is 2.63 bits per heavy atom. The predicted molar refractivity (Wildman–Crippen MR) is 69.7 cm³/mol. The van der Waals surface area contributed by atoms with Gasteiger partial charge in [0.05, 0.1) is 5.69 Å². The molecule has 0 radical (unpaired) electrons. The van der Waals surface area contributed by atoms with Crippen LogP contribution in [0.2, 0.25) is 0 Å². The van der Waals surface area contributed by atoms with Gasteiger partial charge in [0, 0.05) is 11.8 Å². The van der Waals surface area contributed by atoms with Crippen LogP contribution in [0.15, 0.2) is 42.6 Å². The van der Waals surface area contributed by atoms with Crippen LogP contribution in [0.1, 0.15) is 5.56 Å². The Bertz CT molecular complexity index is 686. The minimum Gasteiger partial charge on any atom is -0.254 e. The van der Waals surface area contributed by atoms with Crippen LogP contribution in [0.4, 0.5) is 4.39 Å². The summed E-state index contributed by atoms with van der Waals surface area (Å²) in [5, 5.41) is 10.8. The van der Waals surface area contributed by atoms with E-state index < -0.39 is 0 Å². The van der Waals surface area contributed by atoms with Gasteiger partial charge in [-0.1, -0.05) is 6.07 Å². The van der Waals surface area contributed by atoms with E-state index in [1.165, 1.54) is 12.1 Å².